The molecule has 5 heteroatoms. The van der Waals surface area contributed by atoms with Crippen LogP contribution in [0.5, 0.6) is 0 Å². The van der Waals surface area contributed by atoms with E-state index >= 15 is 0 Å². The Balaban J connectivity index is 1.74. The fraction of sp³-hybridized carbons (Fsp3) is 0.800. The van der Waals surface area contributed by atoms with Crippen molar-refractivity contribution in [3.63, 3.8) is 0 Å². The number of anilines is 1. The van der Waals surface area contributed by atoms with Crippen molar-refractivity contribution in [3.05, 3.63) is 5.82 Å². The van der Waals surface area contributed by atoms with Gasteiger partial charge in [-0.3, -0.25) is 0 Å². The zero-order valence-corrected chi connectivity index (χ0v) is 8.94. The Morgan fingerprint density at radius 3 is 3.13 bits per heavy atom. The SMILES string of the molecule is Cc1noc(N2CC3CCCNC3C2)n1. The molecule has 1 N–H and O–H groups in total. The van der Waals surface area contributed by atoms with Crippen LogP contribution in [0.2, 0.25) is 0 Å². The standard InChI is InChI=1S/C10H16N4O/c1-7-12-10(15-13-7)14-5-8-3-2-4-11-9(8)6-14/h8-9,11H,2-6H2,1H3. The maximum Gasteiger partial charge on any atom is 0.324 e. The number of aryl methyl sites for hydroxylation is 1. The fourth-order valence-electron chi connectivity index (χ4n) is 2.62. The highest BCUT2D eigenvalue weighted by atomic mass is 16.5. The van der Waals surface area contributed by atoms with E-state index in [9.17, 15) is 0 Å². The molecule has 3 rings (SSSR count). The number of hydrogen-bond acceptors (Lipinski definition) is 5. The Morgan fingerprint density at radius 1 is 1.47 bits per heavy atom. The maximum absolute atomic E-state index is 5.19. The Labute approximate surface area is 88.8 Å². The fourth-order valence-corrected chi connectivity index (χ4v) is 2.62. The lowest BCUT2D eigenvalue weighted by atomic mass is 9.94. The molecule has 0 bridgehead atoms. The van der Waals surface area contributed by atoms with Crippen molar-refractivity contribution in [2.45, 2.75) is 25.8 Å². The third-order valence-corrected chi connectivity index (χ3v) is 3.39. The largest absolute Gasteiger partial charge is 0.324 e. The van der Waals surface area contributed by atoms with Gasteiger partial charge in [0.2, 0.25) is 0 Å². The van der Waals surface area contributed by atoms with E-state index < -0.39 is 0 Å². The van der Waals surface area contributed by atoms with E-state index in [1.165, 1.54) is 12.8 Å². The van der Waals surface area contributed by atoms with Crippen LogP contribution < -0.4 is 10.2 Å². The van der Waals surface area contributed by atoms with Gasteiger partial charge < -0.3 is 14.7 Å². The van der Waals surface area contributed by atoms with Gasteiger partial charge in [0.1, 0.15) is 0 Å². The molecule has 0 aliphatic carbocycles. The maximum atomic E-state index is 5.19. The van der Waals surface area contributed by atoms with Crippen LogP contribution in [0, 0.1) is 12.8 Å². The molecular formula is C10H16N4O. The Kier molecular flexibility index (Phi) is 2.12. The minimum Gasteiger partial charge on any atom is -0.323 e. The van der Waals surface area contributed by atoms with Gasteiger partial charge in [-0.15, -0.1) is 0 Å². The Morgan fingerprint density at radius 2 is 2.40 bits per heavy atom. The Hall–Kier alpha value is -1.10. The summed E-state index contributed by atoms with van der Waals surface area (Å²) in [6.45, 7) is 5.07. The molecule has 1 aromatic heterocycles. The average Bonchev–Trinajstić information content (AvgIpc) is 2.82. The van der Waals surface area contributed by atoms with Gasteiger partial charge in [-0.25, -0.2) is 0 Å². The quantitative estimate of drug-likeness (QED) is 0.731. The first-order valence-corrected chi connectivity index (χ1v) is 5.61. The summed E-state index contributed by atoms with van der Waals surface area (Å²) in [6, 6.07) is 1.30. The van der Waals surface area contributed by atoms with Crippen molar-refractivity contribution in [3.8, 4) is 0 Å². The van der Waals surface area contributed by atoms with Crippen LogP contribution in [0.25, 0.3) is 0 Å². The lowest BCUT2D eigenvalue weighted by Gasteiger charge is -2.24. The second-order valence-corrected chi connectivity index (χ2v) is 4.49. The number of nitrogens with zero attached hydrogens (tertiary/aromatic N) is 3. The van der Waals surface area contributed by atoms with E-state index in [-0.39, 0.29) is 0 Å². The van der Waals surface area contributed by atoms with E-state index in [4.69, 9.17) is 4.52 Å². The van der Waals surface area contributed by atoms with Gasteiger partial charge in [0, 0.05) is 19.1 Å². The van der Waals surface area contributed by atoms with Crippen molar-refractivity contribution in [1.82, 2.24) is 15.5 Å². The van der Waals surface area contributed by atoms with Crippen molar-refractivity contribution in [1.29, 1.82) is 0 Å². The number of aromatic nitrogens is 2. The Bertz CT molecular complexity index is 337. The average molecular weight is 208 g/mol. The molecule has 2 unspecified atom stereocenters. The minimum absolute atomic E-state index is 0.617. The summed E-state index contributed by atoms with van der Waals surface area (Å²) in [5.41, 5.74) is 0. The molecular weight excluding hydrogens is 192 g/mol. The highest BCUT2D eigenvalue weighted by molar-refractivity contribution is 5.29. The van der Waals surface area contributed by atoms with Crippen LogP contribution in [0.1, 0.15) is 18.7 Å². The first kappa shape index (κ1) is 9.15. The van der Waals surface area contributed by atoms with E-state index in [1.54, 1.807) is 0 Å². The molecule has 0 spiro atoms. The number of fused-ring (bicyclic) bond motifs is 1. The lowest BCUT2D eigenvalue weighted by Crippen LogP contribution is -2.40. The van der Waals surface area contributed by atoms with Gasteiger partial charge in [-0.1, -0.05) is 5.16 Å². The van der Waals surface area contributed by atoms with Gasteiger partial charge in [0.15, 0.2) is 5.82 Å². The number of piperidine rings is 1. The summed E-state index contributed by atoms with van der Waals surface area (Å²) in [5, 5.41) is 7.39. The molecule has 0 amide bonds. The molecule has 15 heavy (non-hydrogen) atoms. The monoisotopic (exact) mass is 208 g/mol. The zero-order valence-electron chi connectivity index (χ0n) is 8.94. The molecule has 0 radical (unpaired) electrons. The number of rotatable bonds is 1. The molecule has 1 aromatic rings. The molecule has 0 aromatic carbocycles. The van der Waals surface area contributed by atoms with Crippen molar-refractivity contribution in [2.75, 3.05) is 24.5 Å². The zero-order chi connectivity index (χ0) is 10.3. The molecule has 3 heterocycles. The molecule has 0 saturated carbocycles. The summed E-state index contributed by atoms with van der Waals surface area (Å²) < 4.78 is 5.19. The van der Waals surface area contributed by atoms with Gasteiger partial charge in [-0.05, 0) is 32.2 Å². The third-order valence-electron chi connectivity index (χ3n) is 3.39. The van der Waals surface area contributed by atoms with Crippen LogP contribution in [0.3, 0.4) is 0 Å². The van der Waals surface area contributed by atoms with Crippen molar-refractivity contribution in [2.24, 2.45) is 5.92 Å². The topological polar surface area (TPSA) is 54.2 Å². The predicted molar refractivity (Wildman–Crippen MR) is 55.8 cm³/mol. The molecule has 82 valence electrons. The van der Waals surface area contributed by atoms with E-state index in [0.717, 1.165) is 25.6 Å². The highest BCUT2D eigenvalue weighted by Crippen LogP contribution is 2.27. The molecule has 2 aliphatic heterocycles. The van der Waals surface area contributed by atoms with E-state index in [0.29, 0.717) is 17.9 Å². The summed E-state index contributed by atoms with van der Waals surface area (Å²) in [4.78, 5) is 6.47. The van der Waals surface area contributed by atoms with Crippen molar-refractivity contribution >= 4 is 6.01 Å². The summed E-state index contributed by atoms with van der Waals surface area (Å²) in [7, 11) is 0. The van der Waals surface area contributed by atoms with Crippen LogP contribution in [0.15, 0.2) is 4.52 Å². The summed E-state index contributed by atoms with van der Waals surface area (Å²) >= 11 is 0. The van der Waals surface area contributed by atoms with E-state index in [1.807, 2.05) is 6.92 Å². The van der Waals surface area contributed by atoms with E-state index in [2.05, 4.69) is 20.4 Å². The van der Waals surface area contributed by atoms with Crippen LogP contribution >= 0.6 is 0 Å². The first-order valence-electron chi connectivity index (χ1n) is 5.61. The van der Waals surface area contributed by atoms with Crippen LogP contribution in [0.4, 0.5) is 6.01 Å². The number of hydrogen-bond donors (Lipinski definition) is 1. The van der Waals surface area contributed by atoms with Crippen molar-refractivity contribution < 1.29 is 4.52 Å². The van der Waals surface area contributed by atoms with Gasteiger partial charge in [0.25, 0.3) is 0 Å². The predicted octanol–water partition coefficient (Wildman–Crippen LogP) is 0.566. The molecule has 2 aliphatic rings. The second kappa shape index (κ2) is 3.48. The minimum atomic E-state index is 0.617. The highest BCUT2D eigenvalue weighted by Gasteiger charge is 2.36. The summed E-state index contributed by atoms with van der Waals surface area (Å²) in [5.74, 6) is 1.47. The first-order chi connectivity index (χ1) is 7.33. The lowest BCUT2D eigenvalue weighted by molar-refractivity contribution is 0.339. The molecule has 2 saturated heterocycles. The normalized spacial score (nSPS) is 30.6. The van der Waals surface area contributed by atoms with Gasteiger partial charge in [-0.2, -0.15) is 4.98 Å². The van der Waals surface area contributed by atoms with Gasteiger partial charge in [0.05, 0.1) is 0 Å². The molecule has 5 nitrogen and oxygen atoms in total. The molecule has 2 fully saturated rings. The number of nitrogens with one attached hydrogen (secondary N) is 1. The smallest absolute Gasteiger partial charge is 0.323 e. The second-order valence-electron chi connectivity index (χ2n) is 4.49. The summed E-state index contributed by atoms with van der Waals surface area (Å²) in [6.07, 6.45) is 2.61. The van der Waals surface area contributed by atoms with Crippen LogP contribution in [-0.4, -0.2) is 35.8 Å². The molecule has 2 atom stereocenters. The third kappa shape index (κ3) is 1.61. The van der Waals surface area contributed by atoms with Gasteiger partial charge >= 0.3 is 6.01 Å². The van der Waals surface area contributed by atoms with Crippen LogP contribution in [-0.2, 0) is 0 Å².